The number of aryl methyl sites for hydroxylation is 1. The van der Waals surface area contributed by atoms with Crippen molar-refractivity contribution in [1.29, 1.82) is 0 Å². The van der Waals surface area contributed by atoms with E-state index in [9.17, 15) is 9.59 Å². The molecule has 3 heterocycles. The molecule has 10 heteroatoms. The molecule has 0 atom stereocenters. The highest BCUT2D eigenvalue weighted by Gasteiger charge is 2.30. The zero-order valence-electron chi connectivity index (χ0n) is 18.4. The predicted molar refractivity (Wildman–Crippen MR) is 131 cm³/mol. The van der Waals surface area contributed by atoms with Gasteiger partial charge in [0, 0.05) is 51.1 Å². The molecule has 0 spiro atoms. The largest absolute Gasteiger partial charge is 0.371 e. The van der Waals surface area contributed by atoms with Crippen LogP contribution in [0.15, 0.2) is 29.1 Å². The first-order valence-electron chi connectivity index (χ1n) is 10.8. The topological polar surface area (TPSA) is 98.3 Å². The number of amides is 1. The highest BCUT2D eigenvalue weighted by atomic mass is 32.2. The second-order valence-electron chi connectivity index (χ2n) is 8.37. The Morgan fingerprint density at radius 1 is 1.25 bits per heavy atom. The van der Waals surface area contributed by atoms with Crippen molar-refractivity contribution in [3.63, 3.8) is 0 Å². The van der Waals surface area contributed by atoms with Gasteiger partial charge < -0.3 is 19.8 Å². The molecule has 1 aliphatic carbocycles. The van der Waals surface area contributed by atoms with Crippen molar-refractivity contribution < 1.29 is 4.79 Å². The summed E-state index contributed by atoms with van der Waals surface area (Å²) in [6.07, 6.45) is 5.07. The van der Waals surface area contributed by atoms with Crippen LogP contribution < -0.4 is 25.4 Å². The molecule has 0 bridgehead atoms. The van der Waals surface area contributed by atoms with E-state index in [-0.39, 0.29) is 17.4 Å². The number of carbonyl (C=O) groups excluding carboxylic acids is 1. The first-order chi connectivity index (χ1) is 15.4. The summed E-state index contributed by atoms with van der Waals surface area (Å²) in [5.41, 5.74) is 3.95. The van der Waals surface area contributed by atoms with Crippen molar-refractivity contribution in [2.24, 2.45) is 13.0 Å². The SMILES string of the molecule is CSN(C)c1cc(N2CCC2)ccc1Nc1cc(NC(=O)C2CC2)nc2[nH]n(C)c(=O)c12. The third-order valence-electron chi connectivity index (χ3n) is 6.10. The van der Waals surface area contributed by atoms with Gasteiger partial charge in [-0.3, -0.25) is 19.4 Å². The van der Waals surface area contributed by atoms with Crippen LogP contribution in [0, 0.1) is 5.92 Å². The van der Waals surface area contributed by atoms with Crippen LogP contribution in [-0.2, 0) is 11.8 Å². The molecule has 1 aliphatic heterocycles. The number of carbonyl (C=O) groups is 1. The predicted octanol–water partition coefficient (Wildman–Crippen LogP) is 3.28. The van der Waals surface area contributed by atoms with Gasteiger partial charge in [0.1, 0.15) is 11.2 Å². The molecule has 2 aliphatic rings. The van der Waals surface area contributed by atoms with Crippen LogP contribution in [0.4, 0.5) is 28.6 Å². The number of aromatic nitrogens is 3. The average Bonchev–Trinajstić information content (AvgIpc) is 3.54. The number of nitrogens with one attached hydrogen (secondary N) is 3. The van der Waals surface area contributed by atoms with Crippen molar-refractivity contribution in [1.82, 2.24) is 14.8 Å². The monoisotopic (exact) mass is 453 g/mol. The van der Waals surface area contributed by atoms with Crippen LogP contribution in [0.2, 0.25) is 0 Å². The van der Waals surface area contributed by atoms with Gasteiger partial charge in [0.15, 0.2) is 5.65 Å². The fourth-order valence-electron chi connectivity index (χ4n) is 3.86. The lowest BCUT2D eigenvalue weighted by atomic mass is 10.1. The Balaban J connectivity index is 1.56. The molecule has 3 aromatic rings. The number of pyridine rings is 1. The first kappa shape index (κ1) is 20.7. The molecule has 1 saturated carbocycles. The Labute approximate surface area is 190 Å². The Hall–Kier alpha value is -3.14. The van der Waals surface area contributed by atoms with E-state index in [0.29, 0.717) is 22.5 Å². The van der Waals surface area contributed by atoms with Crippen LogP contribution in [0.3, 0.4) is 0 Å². The van der Waals surface area contributed by atoms with Gasteiger partial charge >= 0.3 is 0 Å². The summed E-state index contributed by atoms with van der Waals surface area (Å²) in [6, 6.07) is 8.05. The van der Waals surface area contributed by atoms with E-state index < -0.39 is 0 Å². The van der Waals surface area contributed by atoms with Crippen molar-refractivity contribution in [3.05, 3.63) is 34.6 Å². The first-order valence-corrected chi connectivity index (χ1v) is 12.0. The molecule has 5 rings (SSSR count). The van der Waals surface area contributed by atoms with Crippen LogP contribution in [-0.4, -0.2) is 47.1 Å². The van der Waals surface area contributed by atoms with Gasteiger partial charge in [-0.15, -0.1) is 0 Å². The molecule has 1 saturated heterocycles. The third kappa shape index (κ3) is 3.79. The Morgan fingerprint density at radius 2 is 2.03 bits per heavy atom. The maximum absolute atomic E-state index is 12.8. The van der Waals surface area contributed by atoms with E-state index in [1.165, 1.54) is 16.8 Å². The van der Waals surface area contributed by atoms with E-state index in [0.717, 1.165) is 37.3 Å². The van der Waals surface area contributed by atoms with Crippen molar-refractivity contribution in [2.45, 2.75) is 19.3 Å². The van der Waals surface area contributed by atoms with Crippen molar-refractivity contribution in [2.75, 3.05) is 46.2 Å². The highest BCUT2D eigenvalue weighted by molar-refractivity contribution is 7.99. The maximum atomic E-state index is 12.8. The van der Waals surface area contributed by atoms with Crippen LogP contribution in [0.1, 0.15) is 19.3 Å². The summed E-state index contributed by atoms with van der Waals surface area (Å²) in [7, 11) is 3.68. The van der Waals surface area contributed by atoms with Gasteiger partial charge in [0.25, 0.3) is 5.56 Å². The van der Waals surface area contributed by atoms with E-state index >= 15 is 0 Å². The van der Waals surface area contributed by atoms with E-state index in [1.54, 1.807) is 25.1 Å². The van der Waals surface area contributed by atoms with Crippen molar-refractivity contribution >= 4 is 57.5 Å². The summed E-state index contributed by atoms with van der Waals surface area (Å²) in [6.45, 7) is 2.15. The molecule has 9 nitrogen and oxygen atoms in total. The minimum Gasteiger partial charge on any atom is -0.371 e. The number of fused-ring (bicyclic) bond motifs is 1. The smallest absolute Gasteiger partial charge is 0.277 e. The Kier molecular flexibility index (Phi) is 5.24. The zero-order chi connectivity index (χ0) is 22.4. The van der Waals surface area contributed by atoms with E-state index in [1.807, 2.05) is 19.4 Å². The molecule has 1 aromatic carbocycles. The fraction of sp³-hybridized carbons (Fsp3) is 0.409. The number of benzene rings is 1. The Bertz CT molecular complexity index is 1240. The number of aromatic amines is 1. The summed E-state index contributed by atoms with van der Waals surface area (Å²) >= 11 is 1.61. The zero-order valence-corrected chi connectivity index (χ0v) is 19.3. The van der Waals surface area contributed by atoms with Gasteiger partial charge in [-0.25, -0.2) is 4.98 Å². The van der Waals surface area contributed by atoms with Gasteiger partial charge in [-0.1, -0.05) is 11.9 Å². The minimum atomic E-state index is -0.174. The summed E-state index contributed by atoms with van der Waals surface area (Å²) in [5.74, 6) is 0.466. The van der Waals surface area contributed by atoms with Crippen LogP contribution in [0.5, 0.6) is 0 Å². The average molecular weight is 454 g/mol. The highest BCUT2D eigenvalue weighted by Crippen LogP contribution is 2.37. The molecule has 0 radical (unpaired) electrons. The van der Waals surface area contributed by atoms with Gasteiger partial charge in [-0.2, -0.15) is 0 Å². The molecular weight excluding hydrogens is 426 g/mol. The molecule has 168 valence electrons. The quantitative estimate of drug-likeness (QED) is 0.472. The third-order valence-corrected chi connectivity index (χ3v) is 6.84. The lowest BCUT2D eigenvalue weighted by Crippen LogP contribution is -2.37. The lowest BCUT2D eigenvalue weighted by Gasteiger charge is -2.34. The molecule has 1 amide bonds. The molecule has 32 heavy (non-hydrogen) atoms. The number of hydrogen-bond donors (Lipinski definition) is 3. The van der Waals surface area contributed by atoms with E-state index in [2.05, 4.69) is 42.1 Å². The lowest BCUT2D eigenvalue weighted by molar-refractivity contribution is -0.117. The Morgan fingerprint density at radius 3 is 2.69 bits per heavy atom. The molecule has 0 unspecified atom stereocenters. The van der Waals surface area contributed by atoms with Crippen LogP contribution >= 0.6 is 11.9 Å². The van der Waals surface area contributed by atoms with Gasteiger partial charge in [-0.05, 0) is 37.5 Å². The normalized spacial score (nSPS) is 15.5. The second-order valence-corrected chi connectivity index (χ2v) is 9.28. The van der Waals surface area contributed by atoms with Gasteiger partial charge in [0.05, 0.1) is 17.1 Å². The number of nitrogens with zero attached hydrogens (tertiary/aromatic N) is 4. The number of anilines is 5. The fourth-order valence-corrected chi connectivity index (χ4v) is 4.20. The molecule has 2 aromatic heterocycles. The summed E-state index contributed by atoms with van der Waals surface area (Å²) < 4.78 is 3.49. The summed E-state index contributed by atoms with van der Waals surface area (Å²) in [5, 5.41) is 9.78. The van der Waals surface area contributed by atoms with Crippen molar-refractivity contribution in [3.8, 4) is 0 Å². The molecule has 3 N–H and O–H groups in total. The second kappa shape index (κ2) is 8.09. The van der Waals surface area contributed by atoms with Gasteiger partial charge in [0.2, 0.25) is 5.91 Å². The molecular formula is C22H27N7O2S. The summed E-state index contributed by atoms with van der Waals surface area (Å²) in [4.78, 5) is 31.9. The number of rotatable bonds is 7. The standard InChI is InChI=1S/C22H27N7O2S/c1-27-22(31)19-16(12-18(24-20(19)26-27)25-21(30)13-5-6-13)23-15-8-7-14(29-9-4-10-29)11-17(15)28(2)32-3/h7-8,11-13H,4-6,9-10H2,1-3H3,(H3,23,24,25,26,30). The number of hydrogen-bond acceptors (Lipinski definition) is 7. The minimum absolute atomic E-state index is 0.0252. The van der Waals surface area contributed by atoms with E-state index in [4.69, 9.17) is 0 Å². The maximum Gasteiger partial charge on any atom is 0.277 e. The van der Waals surface area contributed by atoms with Crippen LogP contribution in [0.25, 0.3) is 11.0 Å². The number of H-pyrrole nitrogens is 1. The molecule has 2 fully saturated rings.